The number of likely N-dealkylation sites (tertiary alicyclic amines) is 1. The van der Waals surface area contributed by atoms with Gasteiger partial charge in [-0.3, -0.25) is 9.59 Å². The third-order valence-corrected chi connectivity index (χ3v) is 4.01. The van der Waals surface area contributed by atoms with Crippen LogP contribution in [0.2, 0.25) is 0 Å². The number of hydrogen-bond donors (Lipinski definition) is 2. The molecule has 1 unspecified atom stereocenters. The molecule has 1 saturated heterocycles. The van der Waals surface area contributed by atoms with Crippen LogP contribution in [0.25, 0.3) is 0 Å². The van der Waals surface area contributed by atoms with Gasteiger partial charge in [-0.2, -0.15) is 13.2 Å². The molecule has 0 bridgehead atoms. The molecule has 0 radical (unpaired) electrons. The molecular formula is C12H17F3N2O3. The fourth-order valence-electron chi connectivity index (χ4n) is 2.49. The fourth-order valence-corrected chi connectivity index (χ4v) is 2.49. The predicted octanol–water partition coefficient (Wildman–Crippen LogP) is 0.556. The summed E-state index contributed by atoms with van der Waals surface area (Å²) in [5, 5.41) is 9.65. The first kappa shape index (κ1) is 15.1. The molecule has 2 aliphatic rings. The summed E-state index contributed by atoms with van der Waals surface area (Å²) in [7, 11) is 0. The van der Waals surface area contributed by atoms with Crippen LogP contribution in [0.4, 0.5) is 13.2 Å². The Hall–Kier alpha value is -1.31. The van der Waals surface area contributed by atoms with Gasteiger partial charge in [0.05, 0.1) is 0 Å². The number of nitrogens with zero attached hydrogens (tertiary/aromatic N) is 1. The Morgan fingerprint density at radius 1 is 1.35 bits per heavy atom. The Kier molecular flexibility index (Phi) is 3.70. The molecule has 0 aromatic heterocycles. The van der Waals surface area contributed by atoms with Crippen molar-refractivity contribution in [1.29, 1.82) is 0 Å². The molecule has 1 heterocycles. The summed E-state index contributed by atoms with van der Waals surface area (Å²) in [4.78, 5) is 24.4. The van der Waals surface area contributed by atoms with Crippen LogP contribution in [0.3, 0.4) is 0 Å². The number of nitrogens with two attached hydrogens (primary N) is 1. The molecule has 0 spiro atoms. The molecule has 2 fully saturated rings. The molecular weight excluding hydrogens is 277 g/mol. The molecule has 20 heavy (non-hydrogen) atoms. The summed E-state index contributed by atoms with van der Waals surface area (Å²) in [6, 6.07) is -1.40. The van der Waals surface area contributed by atoms with Crippen molar-refractivity contribution < 1.29 is 27.9 Å². The molecule has 2 amide bonds. The maximum absolute atomic E-state index is 12.8. The van der Waals surface area contributed by atoms with E-state index in [1.807, 2.05) is 0 Å². The van der Waals surface area contributed by atoms with Crippen LogP contribution in [-0.4, -0.2) is 46.2 Å². The SMILES string of the molecule is NC(=O)C1C[C@@](O)(C(F)(F)F)CCN1C(=O)CC1CC1. The zero-order valence-corrected chi connectivity index (χ0v) is 10.8. The normalized spacial score (nSPS) is 31.2. The Bertz CT molecular complexity index is 423. The Morgan fingerprint density at radius 2 is 1.95 bits per heavy atom. The summed E-state index contributed by atoms with van der Waals surface area (Å²) in [6.45, 7) is -0.310. The van der Waals surface area contributed by atoms with Crippen molar-refractivity contribution in [3.05, 3.63) is 0 Å². The second-order valence-corrected chi connectivity index (χ2v) is 5.64. The summed E-state index contributed by atoms with van der Waals surface area (Å²) < 4.78 is 38.4. The second-order valence-electron chi connectivity index (χ2n) is 5.64. The van der Waals surface area contributed by atoms with E-state index in [1.54, 1.807) is 0 Å². The van der Waals surface area contributed by atoms with E-state index in [2.05, 4.69) is 0 Å². The third-order valence-electron chi connectivity index (χ3n) is 4.01. The van der Waals surface area contributed by atoms with Crippen molar-refractivity contribution >= 4 is 11.8 Å². The molecule has 3 N–H and O–H groups in total. The van der Waals surface area contributed by atoms with E-state index >= 15 is 0 Å². The van der Waals surface area contributed by atoms with Gasteiger partial charge in [-0.05, 0) is 18.8 Å². The van der Waals surface area contributed by atoms with E-state index in [0.29, 0.717) is 0 Å². The lowest BCUT2D eigenvalue weighted by Gasteiger charge is -2.43. The average molecular weight is 294 g/mol. The van der Waals surface area contributed by atoms with Gasteiger partial charge in [0, 0.05) is 25.8 Å². The Morgan fingerprint density at radius 3 is 2.40 bits per heavy atom. The highest BCUT2D eigenvalue weighted by molar-refractivity contribution is 5.87. The summed E-state index contributed by atoms with van der Waals surface area (Å²) in [5.74, 6) is -1.11. The van der Waals surface area contributed by atoms with Gasteiger partial charge in [0.2, 0.25) is 11.8 Å². The Labute approximate surface area is 113 Å². The largest absolute Gasteiger partial charge is 0.417 e. The van der Waals surface area contributed by atoms with Gasteiger partial charge in [0.25, 0.3) is 0 Å². The van der Waals surface area contributed by atoms with Crippen LogP contribution in [0.5, 0.6) is 0 Å². The molecule has 0 aromatic rings. The van der Waals surface area contributed by atoms with Gasteiger partial charge in [0.1, 0.15) is 6.04 Å². The smallest absolute Gasteiger partial charge is 0.380 e. The van der Waals surface area contributed by atoms with Crippen LogP contribution < -0.4 is 5.73 Å². The van der Waals surface area contributed by atoms with Crippen molar-refractivity contribution in [1.82, 2.24) is 4.90 Å². The molecule has 1 saturated carbocycles. The number of carbonyl (C=O) groups excluding carboxylic acids is 2. The second kappa shape index (κ2) is 4.91. The van der Waals surface area contributed by atoms with E-state index in [4.69, 9.17) is 5.73 Å². The van der Waals surface area contributed by atoms with Gasteiger partial charge in [-0.1, -0.05) is 0 Å². The number of hydrogen-bond acceptors (Lipinski definition) is 3. The average Bonchev–Trinajstić information content (AvgIpc) is 3.11. The van der Waals surface area contributed by atoms with Crippen LogP contribution in [0, 0.1) is 5.92 Å². The van der Waals surface area contributed by atoms with E-state index in [0.717, 1.165) is 17.7 Å². The van der Waals surface area contributed by atoms with Crippen LogP contribution >= 0.6 is 0 Å². The van der Waals surface area contributed by atoms with Crippen LogP contribution in [-0.2, 0) is 9.59 Å². The highest BCUT2D eigenvalue weighted by atomic mass is 19.4. The number of piperidine rings is 1. The van der Waals surface area contributed by atoms with E-state index < -0.39 is 36.6 Å². The molecule has 2 atom stereocenters. The van der Waals surface area contributed by atoms with E-state index in [1.165, 1.54) is 0 Å². The molecule has 2 rings (SSSR count). The molecule has 8 heteroatoms. The number of halogens is 3. The topological polar surface area (TPSA) is 83.6 Å². The van der Waals surface area contributed by atoms with E-state index in [9.17, 15) is 27.9 Å². The summed E-state index contributed by atoms with van der Waals surface area (Å²) in [5.41, 5.74) is 2.14. The van der Waals surface area contributed by atoms with Crippen molar-refractivity contribution in [2.75, 3.05) is 6.54 Å². The number of primary amides is 1. The standard InChI is InChI=1S/C12H17F3N2O3/c13-12(14,15)11(20)3-4-17(8(6-11)10(16)19)9(18)5-7-1-2-7/h7-8,20H,1-6H2,(H2,16,19)/t8?,11-/m1/s1. The van der Waals surface area contributed by atoms with Gasteiger partial charge in [-0.15, -0.1) is 0 Å². The molecule has 0 aromatic carbocycles. The summed E-state index contributed by atoms with van der Waals surface area (Å²) >= 11 is 0. The maximum atomic E-state index is 12.8. The number of aliphatic hydroxyl groups is 1. The molecule has 114 valence electrons. The van der Waals surface area contributed by atoms with Crippen LogP contribution in [0.1, 0.15) is 32.1 Å². The quantitative estimate of drug-likeness (QED) is 0.797. The number of carbonyl (C=O) groups is 2. The summed E-state index contributed by atoms with van der Waals surface area (Å²) in [6.07, 6.45) is -4.28. The molecule has 1 aliphatic carbocycles. The fraction of sp³-hybridized carbons (Fsp3) is 0.833. The highest BCUT2D eigenvalue weighted by Gasteiger charge is 2.58. The minimum Gasteiger partial charge on any atom is -0.380 e. The van der Waals surface area contributed by atoms with E-state index in [-0.39, 0.29) is 24.8 Å². The number of alkyl halides is 3. The first-order valence-electron chi connectivity index (χ1n) is 6.52. The van der Waals surface area contributed by atoms with Crippen molar-refractivity contribution in [2.45, 2.75) is 49.9 Å². The van der Waals surface area contributed by atoms with Crippen molar-refractivity contribution in [3.8, 4) is 0 Å². The Balaban J connectivity index is 2.12. The van der Waals surface area contributed by atoms with Crippen molar-refractivity contribution in [2.24, 2.45) is 11.7 Å². The first-order chi connectivity index (χ1) is 9.14. The van der Waals surface area contributed by atoms with Gasteiger partial charge in [0.15, 0.2) is 5.60 Å². The lowest BCUT2D eigenvalue weighted by atomic mass is 9.85. The number of amides is 2. The monoisotopic (exact) mass is 294 g/mol. The van der Waals surface area contributed by atoms with Gasteiger partial charge >= 0.3 is 6.18 Å². The maximum Gasteiger partial charge on any atom is 0.417 e. The lowest BCUT2D eigenvalue weighted by Crippen LogP contribution is -2.61. The third kappa shape index (κ3) is 2.89. The van der Waals surface area contributed by atoms with Gasteiger partial charge < -0.3 is 15.7 Å². The molecule has 1 aliphatic heterocycles. The predicted molar refractivity (Wildman–Crippen MR) is 62.3 cm³/mol. The van der Waals surface area contributed by atoms with Crippen molar-refractivity contribution in [3.63, 3.8) is 0 Å². The zero-order valence-electron chi connectivity index (χ0n) is 10.8. The van der Waals surface area contributed by atoms with Gasteiger partial charge in [-0.25, -0.2) is 0 Å². The zero-order chi connectivity index (χ0) is 15.1. The van der Waals surface area contributed by atoms with Crippen LogP contribution in [0.15, 0.2) is 0 Å². The first-order valence-corrected chi connectivity index (χ1v) is 6.52. The highest BCUT2D eigenvalue weighted by Crippen LogP contribution is 2.41. The minimum absolute atomic E-state index is 0.230. The number of rotatable bonds is 3. The molecule has 5 nitrogen and oxygen atoms in total. The minimum atomic E-state index is -4.84. The lowest BCUT2D eigenvalue weighted by molar-refractivity contribution is -0.275.